The van der Waals surface area contributed by atoms with E-state index >= 15 is 0 Å². The SMILES string of the molecule is CC(N)CC(=O)Nc1ccc(NC(=O)CN2CCOCC2)cc1.Cl.Cl. The van der Waals surface area contributed by atoms with Gasteiger partial charge in [0.05, 0.1) is 19.8 Å². The molecular weight excluding hydrogens is 367 g/mol. The molecule has 0 aliphatic carbocycles. The molecule has 9 heteroatoms. The Balaban J connectivity index is 0.00000288. The van der Waals surface area contributed by atoms with Crippen LogP contribution in [-0.4, -0.2) is 55.6 Å². The van der Waals surface area contributed by atoms with Crippen LogP contribution in [0.15, 0.2) is 24.3 Å². The second kappa shape index (κ2) is 12.1. The lowest BCUT2D eigenvalue weighted by atomic mass is 10.2. The number of halogens is 2. The fraction of sp³-hybridized carbons (Fsp3) is 0.500. The van der Waals surface area contributed by atoms with Crippen molar-refractivity contribution >= 4 is 48.0 Å². The van der Waals surface area contributed by atoms with Crippen LogP contribution in [0, 0.1) is 0 Å². The van der Waals surface area contributed by atoms with Gasteiger partial charge in [-0.3, -0.25) is 14.5 Å². The Hall–Kier alpha value is -1.38. The molecule has 1 atom stereocenters. The lowest BCUT2D eigenvalue weighted by Gasteiger charge is -2.25. The molecule has 142 valence electrons. The number of morpholine rings is 1. The molecule has 1 unspecified atom stereocenters. The number of ether oxygens (including phenoxy) is 1. The molecule has 0 saturated carbocycles. The molecule has 1 fully saturated rings. The number of hydrogen-bond donors (Lipinski definition) is 3. The van der Waals surface area contributed by atoms with Gasteiger partial charge in [-0.05, 0) is 31.2 Å². The van der Waals surface area contributed by atoms with Gasteiger partial charge in [-0.2, -0.15) is 0 Å². The van der Waals surface area contributed by atoms with Gasteiger partial charge in [0.15, 0.2) is 0 Å². The number of amides is 2. The molecule has 0 aromatic heterocycles. The summed E-state index contributed by atoms with van der Waals surface area (Å²) in [5.74, 6) is -0.176. The first-order valence-electron chi connectivity index (χ1n) is 7.78. The van der Waals surface area contributed by atoms with E-state index in [9.17, 15) is 9.59 Å². The van der Waals surface area contributed by atoms with Crippen molar-refractivity contribution in [1.82, 2.24) is 4.90 Å². The summed E-state index contributed by atoms with van der Waals surface area (Å²) in [7, 11) is 0. The normalized spacial score (nSPS) is 15.3. The molecule has 1 aliphatic rings. The van der Waals surface area contributed by atoms with Gasteiger partial charge < -0.3 is 21.1 Å². The number of carbonyl (C=O) groups is 2. The van der Waals surface area contributed by atoms with Gasteiger partial charge in [-0.1, -0.05) is 0 Å². The minimum Gasteiger partial charge on any atom is -0.379 e. The second-order valence-corrected chi connectivity index (χ2v) is 5.74. The van der Waals surface area contributed by atoms with Crippen LogP contribution in [-0.2, 0) is 14.3 Å². The predicted molar refractivity (Wildman–Crippen MR) is 104 cm³/mol. The predicted octanol–water partition coefficient (Wildman–Crippen LogP) is 1.48. The maximum atomic E-state index is 12.0. The summed E-state index contributed by atoms with van der Waals surface area (Å²) >= 11 is 0. The quantitative estimate of drug-likeness (QED) is 0.680. The van der Waals surface area contributed by atoms with Gasteiger partial charge in [0.1, 0.15) is 0 Å². The summed E-state index contributed by atoms with van der Waals surface area (Å²) < 4.78 is 5.25. The van der Waals surface area contributed by atoms with Gasteiger partial charge in [0, 0.05) is 36.9 Å². The highest BCUT2D eigenvalue weighted by molar-refractivity contribution is 5.93. The van der Waals surface area contributed by atoms with Gasteiger partial charge in [-0.25, -0.2) is 0 Å². The van der Waals surface area contributed by atoms with Crippen LogP contribution in [0.5, 0.6) is 0 Å². The molecular formula is C16H26Cl2N4O3. The molecule has 0 spiro atoms. The number of nitrogens with zero attached hydrogens (tertiary/aromatic N) is 1. The summed E-state index contributed by atoms with van der Waals surface area (Å²) in [6.07, 6.45) is 0.276. The average Bonchev–Trinajstić information content (AvgIpc) is 2.49. The number of nitrogens with two attached hydrogens (primary N) is 1. The number of hydrogen-bond acceptors (Lipinski definition) is 5. The molecule has 2 amide bonds. The largest absolute Gasteiger partial charge is 0.379 e. The molecule has 4 N–H and O–H groups in total. The Morgan fingerprint density at radius 1 is 1.08 bits per heavy atom. The highest BCUT2D eigenvalue weighted by Crippen LogP contribution is 2.14. The average molecular weight is 393 g/mol. The van der Waals surface area contributed by atoms with Gasteiger partial charge in [0.25, 0.3) is 0 Å². The molecule has 0 bridgehead atoms. The highest BCUT2D eigenvalue weighted by atomic mass is 35.5. The van der Waals surface area contributed by atoms with Crippen molar-refractivity contribution in [2.45, 2.75) is 19.4 Å². The fourth-order valence-corrected chi connectivity index (χ4v) is 2.30. The summed E-state index contributed by atoms with van der Waals surface area (Å²) in [5, 5.41) is 5.61. The van der Waals surface area contributed by atoms with Crippen molar-refractivity contribution in [3.05, 3.63) is 24.3 Å². The van der Waals surface area contributed by atoms with Crippen molar-refractivity contribution in [2.75, 3.05) is 43.5 Å². The summed E-state index contributed by atoms with van der Waals surface area (Å²) in [5.41, 5.74) is 6.97. The standard InChI is InChI=1S/C16H24N4O3.2ClH/c1-12(17)10-15(21)18-13-2-4-14(5-3-13)19-16(22)11-20-6-8-23-9-7-20;;/h2-5,12H,6-11,17H2,1H3,(H,18,21)(H,19,22);2*1H. The maximum absolute atomic E-state index is 12.0. The number of benzene rings is 1. The summed E-state index contributed by atoms with van der Waals surface area (Å²) in [6.45, 7) is 5.03. The first-order chi connectivity index (χ1) is 11.0. The Morgan fingerprint density at radius 3 is 2.04 bits per heavy atom. The molecule has 2 rings (SSSR count). The van der Waals surface area contributed by atoms with E-state index < -0.39 is 0 Å². The number of carbonyl (C=O) groups excluding carboxylic acids is 2. The molecule has 1 aromatic carbocycles. The fourth-order valence-electron chi connectivity index (χ4n) is 2.30. The van der Waals surface area contributed by atoms with Crippen LogP contribution >= 0.6 is 24.8 Å². The number of rotatable bonds is 6. The van der Waals surface area contributed by atoms with Crippen molar-refractivity contribution < 1.29 is 14.3 Å². The van der Waals surface area contributed by atoms with Crippen LogP contribution in [0.3, 0.4) is 0 Å². The third kappa shape index (κ3) is 9.04. The van der Waals surface area contributed by atoms with Crippen molar-refractivity contribution in [2.24, 2.45) is 5.73 Å². The number of anilines is 2. The summed E-state index contributed by atoms with van der Waals surface area (Å²) in [6, 6.07) is 6.86. The smallest absolute Gasteiger partial charge is 0.238 e. The van der Waals surface area contributed by atoms with Crippen molar-refractivity contribution in [1.29, 1.82) is 0 Å². The zero-order valence-corrected chi connectivity index (χ0v) is 15.8. The molecule has 1 heterocycles. The van der Waals surface area contributed by atoms with E-state index in [0.717, 1.165) is 13.1 Å². The third-order valence-corrected chi connectivity index (χ3v) is 3.43. The topological polar surface area (TPSA) is 96.7 Å². The minimum atomic E-state index is -0.172. The first kappa shape index (κ1) is 23.6. The zero-order valence-electron chi connectivity index (χ0n) is 14.2. The van der Waals surface area contributed by atoms with Gasteiger partial charge >= 0.3 is 0 Å². The molecule has 1 aliphatic heterocycles. The monoisotopic (exact) mass is 392 g/mol. The minimum absolute atomic E-state index is 0. The molecule has 1 saturated heterocycles. The van der Waals surface area contributed by atoms with Crippen LogP contribution in [0.2, 0.25) is 0 Å². The van der Waals surface area contributed by atoms with Gasteiger partial charge in [-0.15, -0.1) is 24.8 Å². The van der Waals surface area contributed by atoms with Crippen LogP contribution in [0.4, 0.5) is 11.4 Å². The first-order valence-corrected chi connectivity index (χ1v) is 7.78. The van der Waals surface area contributed by atoms with Crippen LogP contribution < -0.4 is 16.4 Å². The van der Waals surface area contributed by atoms with Crippen molar-refractivity contribution in [3.63, 3.8) is 0 Å². The van der Waals surface area contributed by atoms with E-state index in [0.29, 0.717) is 31.1 Å². The van der Waals surface area contributed by atoms with E-state index in [1.807, 2.05) is 0 Å². The Bertz CT molecular complexity index is 535. The zero-order chi connectivity index (χ0) is 16.7. The van der Waals surface area contributed by atoms with E-state index in [-0.39, 0.29) is 49.1 Å². The van der Waals surface area contributed by atoms with E-state index in [1.165, 1.54) is 0 Å². The van der Waals surface area contributed by atoms with Crippen LogP contribution in [0.1, 0.15) is 13.3 Å². The third-order valence-electron chi connectivity index (χ3n) is 3.43. The molecule has 1 aromatic rings. The Kier molecular flexibility index (Phi) is 11.4. The van der Waals surface area contributed by atoms with Crippen LogP contribution in [0.25, 0.3) is 0 Å². The molecule has 0 radical (unpaired) electrons. The molecule has 25 heavy (non-hydrogen) atoms. The van der Waals surface area contributed by atoms with E-state index in [1.54, 1.807) is 31.2 Å². The van der Waals surface area contributed by atoms with E-state index in [4.69, 9.17) is 10.5 Å². The maximum Gasteiger partial charge on any atom is 0.238 e. The Labute approximate surface area is 160 Å². The highest BCUT2D eigenvalue weighted by Gasteiger charge is 2.14. The lowest BCUT2D eigenvalue weighted by Crippen LogP contribution is -2.41. The summed E-state index contributed by atoms with van der Waals surface area (Å²) in [4.78, 5) is 25.7. The lowest BCUT2D eigenvalue weighted by molar-refractivity contribution is -0.118. The Morgan fingerprint density at radius 2 is 1.56 bits per heavy atom. The number of nitrogens with one attached hydrogen (secondary N) is 2. The van der Waals surface area contributed by atoms with Crippen molar-refractivity contribution in [3.8, 4) is 0 Å². The van der Waals surface area contributed by atoms with E-state index in [2.05, 4.69) is 15.5 Å². The van der Waals surface area contributed by atoms with Gasteiger partial charge in [0.2, 0.25) is 11.8 Å². The molecule has 7 nitrogen and oxygen atoms in total. The second-order valence-electron chi connectivity index (χ2n) is 5.74.